The van der Waals surface area contributed by atoms with Crippen LogP contribution in [0.25, 0.3) is 5.57 Å². The van der Waals surface area contributed by atoms with E-state index in [1.807, 2.05) is 24.3 Å². The Hall–Kier alpha value is -3.07. The molecule has 35 heavy (non-hydrogen) atoms. The molecular formula is C27H29F3N4O. The minimum atomic E-state index is -4.51. The Labute approximate surface area is 202 Å². The maximum atomic E-state index is 13.9. The molecule has 2 aromatic carbocycles. The minimum Gasteiger partial charge on any atom is -0.393 e. The van der Waals surface area contributed by atoms with Crippen molar-refractivity contribution in [2.75, 3.05) is 6.61 Å². The number of hydrogen-bond donors (Lipinski definition) is 3. The summed E-state index contributed by atoms with van der Waals surface area (Å²) in [5.74, 6) is 0. The van der Waals surface area contributed by atoms with Crippen LogP contribution in [0.5, 0.6) is 0 Å². The molecule has 0 fully saturated rings. The van der Waals surface area contributed by atoms with Crippen molar-refractivity contribution in [1.82, 2.24) is 0 Å². The first kappa shape index (κ1) is 25.0. The molecule has 0 saturated heterocycles. The van der Waals surface area contributed by atoms with E-state index in [1.165, 1.54) is 17.2 Å². The third-order valence-electron chi connectivity index (χ3n) is 6.45. The van der Waals surface area contributed by atoms with E-state index in [1.54, 1.807) is 6.07 Å². The van der Waals surface area contributed by atoms with Gasteiger partial charge in [0.2, 0.25) is 0 Å². The van der Waals surface area contributed by atoms with Gasteiger partial charge >= 0.3 is 6.18 Å². The van der Waals surface area contributed by atoms with Gasteiger partial charge in [0.15, 0.2) is 0 Å². The first-order valence-corrected chi connectivity index (χ1v) is 11.6. The molecule has 0 unspecified atom stereocenters. The number of halogens is 3. The van der Waals surface area contributed by atoms with Crippen molar-refractivity contribution in [2.24, 2.45) is 21.7 Å². The Kier molecular flexibility index (Phi) is 7.07. The van der Waals surface area contributed by atoms with Crippen LogP contribution < -0.4 is 11.5 Å². The lowest BCUT2D eigenvalue weighted by molar-refractivity contribution is -0.138. The highest BCUT2D eigenvalue weighted by molar-refractivity contribution is 6.17. The van der Waals surface area contributed by atoms with E-state index in [0.717, 1.165) is 30.0 Å². The average Bonchev–Trinajstić information content (AvgIpc) is 3.34. The molecule has 2 aromatic rings. The van der Waals surface area contributed by atoms with Crippen LogP contribution in [0.1, 0.15) is 54.0 Å². The van der Waals surface area contributed by atoms with Gasteiger partial charge in [-0.1, -0.05) is 54.1 Å². The van der Waals surface area contributed by atoms with Crippen LogP contribution in [0.2, 0.25) is 0 Å². The molecule has 2 aliphatic rings. The Balaban J connectivity index is 1.48. The number of nitrogens with two attached hydrogens (primary N) is 2. The summed E-state index contributed by atoms with van der Waals surface area (Å²) < 4.78 is 41.7. The molecule has 0 spiro atoms. The van der Waals surface area contributed by atoms with Gasteiger partial charge in [0, 0.05) is 6.42 Å². The fourth-order valence-corrected chi connectivity index (χ4v) is 4.29. The maximum Gasteiger partial charge on any atom is 0.416 e. The van der Waals surface area contributed by atoms with Crippen LogP contribution in [-0.2, 0) is 19.0 Å². The zero-order valence-corrected chi connectivity index (χ0v) is 19.6. The molecule has 1 aliphatic carbocycles. The van der Waals surface area contributed by atoms with E-state index in [0.29, 0.717) is 17.7 Å². The Morgan fingerprint density at radius 2 is 1.69 bits per heavy atom. The zero-order chi connectivity index (χ0) is 25.2. The fraction of sp³-hybridized carbons (Fsp3) is 0.333. The SMILES string of the molecule is CC1=CC(c2ccc(CCc3ccc(C4=NN=C(C(N)(N)CO)C4)cc3C(F)(F)F)cc2)=CCC1. The first-order valence-electron chi connectivity index (χ1n) is 11.6. The zero-order valence-electron chi connectivity index (χ0n) is 19.6. The quantitative estimate of drug-likeness (QED) is 0.496. The van der Waals surface area contributed by atoms with Crippen molar-refractivity contribution in [3.8, 4) is 0 Å². The number of aliphatic hydroxyl groups excluding tert-OH is 1. The van der Waals surface area contributed by atoms with Gasteiger partial charge in [-0.2, -0.15) is 23.4 Å². The summed E-state index contributed by atoms with van der Waals surface area (Å²) in [6.07, 6.45) is 2.82. The van der Waals surface area contributed by atoms with Gasteiger partial charge in [0.05, 0.1) is 23.6 Å². The molecule has 5 nitrogen and oxygen atoms in total. The molecule has 0 radical (unpaired) electrons. The molecule has 1 aliphatic heterocycles. The molecule has 1 heterocycles. The number of allylic oxidation sites excluding steroid dienone is 4. The topological polar surface area (TPSA) is 97.0 Å². The predicted molar refractivity (Wildman–Crippen MR) is 133 cm³/mol. The summed E-state index contributed by atoms with van der Waals surface area (Å²) in [5, 5.41) is 17.1. The van der Waals surface area contributed by atoms with Crippen LogP contribution >= 0.6 is 0 Å². The van der Waals surface area contributed by atoms with E-state index in [9.17, 15) is 18.3 Å². The number of hydrogen-bond acceptors (Lipinski definition) is 5. The largest absolute Gasteiger partial charge is 0.416 e. The van der Waals surface area contributed by atoms with E-state index in [-0.39, 0.29) is 24.1 Å². The summed E-state index contributed by atoms with van der Waals surface area (Å²) >= 11 is 0. The highest BCUT2D eigenvalue weighted by Crippen LogP contribution is 2.34. The van der Waals surface area contributed by atoms with Crippen LogP contribution in [0, 0.1) is 0 Å². The molecule has 4 rings (SSSR count). The van der Waals surface area contributed by atoms with Gasteiger partial charge in [-0.25, -0.2) is 0 Å². The minimum absolute atomic E-state index is 0.0850. The van der Waals surface area contributed by atoms with Gasteiger partial charge in [-0.3, -0.25) is 0 Å². The number of aliphatic hydroxyl groups is 1. The van der Waals surface area contributed by atoms with Crippen molar-refractivity contribution < 1.29 is 18.3 Å². The fourth-order valence-electron chi connectivity index (χ4n) is 4.29. The van der Waals surface area contributed by atoms with Gasteiger partial charge < -0.3 is 16.6 Å². The van der Waals surface area contributed by atoms with E-state index >= 15 is 0 Å². The maximum absolute atomic E-state index is 13.9. The van der Waals surface area contributed by atoms with Crippen molar-refractivity contribution >= 4 is 17.0 Å². The van der Waals surface area contributed by atoms with Crippen molar-refractivity contribution in [3.05, 3.63) is 88.0 Å². The molecule has 0 amide bonds. The van der Waals surface area contributed by atoms with E-state index in [2.05, 4.69) is 29.3 Å². The van der Waals surface area contributed by atoms with E-state index < -0.39 is 24.0 Å². The molecule has 0 saturated carbocycles. The first-order chi connectivity index (χ1) is 16.6. The smallest absolute Gasteiger partial charge is 0.393 e. The lowest BCUT2D eigenvalue weighted by Gasteiger charge is -2.21. The Morgan fingerprint density at radius 1 is 0.971 bits per heavy atom. The lowest BCUT2D eigenvalue weighted by Crippen LogP contribution is -2.59. The third-order valence-corrected chi connectivity index (χ3v) is 6.45. The van der Waals surface area contributed by atoms with Gasteiger partial charge in [0.1, 0.15) is 5.66 Å². The Bertz CT molecular complexity index is 1220. The average molecular weight is 483 g/mol. The second-order valence-electron chi connectivity index (χ2n) is 9.22. The normalized spacial score (nSPS) is 16.5. The van der Waals surface area contributed by atoms with E-state index in [4.69, 9.17) is 11.5 Å². The summed E-state index contributed by atoms with van der Waals surface area (Å²) in [5.41, 5.74) is 15.0. The molecule has 8 heteroatoms. The van der Waals surface area contributed by atoms with Crippen molar-refractivity contribution in [2.45, 2.75) is 50.9 Å². The standard InChI is InChI=1S/C27H29F3N4O/c1-17-3-2-4-21(13-17)19-8-5-18(6-9-19)7-10-20-11-12-22(14-23(20)27(28,29)30)24-15-25(34-33-24)26(31,32)16-35/h4-6,8-9,11-14,35H,2-3,7,10,15-16,31-32H2,1H3. The lowest BCUT2D eigenvalue weighted by atomic mass is 9.92. The van der Waals surface area contributed by atoms with Crippen LogP contribution in [0.3, 0.4) is 0 Å². The second-order valence-corrected chi connectivity index (χ2v) is 9.22. The highest BCUT2D eigenvalue weighted by atomic mass is 19.4. The van der Waals surface area contributed by atoms with Crippen LogP contribution in [0.15, 0.2) is 70.4 Å². The molecular weight excluding hydrogens is 453 g/mol. The summed E-state index contributed by atoms with van der Waals surface area (Å²) in [7, 11) is 0. The molecule has 184 valence electrons. The molecule has 5 N–H and O–H groups in total. The summed E-state index contributed by atoms with van der Waals surface area (Å²) in [4.78, 5) is 0. The molecule has 0 aromatic heterocycles. The Morgan fingerprint density at radius 3 is 2.34 bits per heavy atom. The highest BCUT2D eigenvalue weighted by Gasteiger charge is 2.35. The van der Waals surface area contributed by atoms with Gasteiger partial charge in [0.25, 0.3) is 0 Å². The molecule has 0 atom stereocenters. The van der Waals surface area contributed by atoms with Gasteiger partial charge in [-0.05, 0) is 66.5 Å². The van der Waals surface area contributed by atoms with Crippen LogP contribution in [0.4, 0.5) is 13.2 Å². The number of benzene rings is 2. The van der Waals surface area contributed by atoms with Gasteiger partial charge in [-0.15, -0.1) is 0 Å². The monoisotopic (exact) mass is 482 g/mol. The van der Waals surface area contributed by atoms with Crippen molar-refractivity contribution in [3.63, 3.8) is 0 Å². The summed E-state index contributed by atoms with van der Waals surface area (Å²) in [6.45, 7) is 1.57. The number of aryl methyl sites for hydroxylation is 2. The summed E-state index contributed by atoms with van der Waals surface area (Å²) in [6, 6.07) is 12.2. The molecule has 0 bridgehead atoms. The predicted octanol–water partition coefficient (Wildman–Crippen LogP) is 4.77. The second kappa shape index (κ2) is 9.89. The third kappa shape index (κ3) is 5.78. The van der Waals surface area contributed by atoms with Crippen LogP contribution in [-0.4, -0.2) is 28.8 Å². The number of nitrogens with zero attached hydrogens (tertiary/aromatic N) is 2. The number of rotatable bonds is 7. The number of alkyl halides is 3. The van der Waals surface area contributed by atoms with Crippen molar-refractivity contribution in [1.29, 1.82) is 0 Å².